The van der Waals surface area contributed by atoms with Gasteiger partial charge in [-0.3, -0.25) is 4.79 Å². The topological polar surface area (TPSA) is 64.8 Å². The molecular formula is C13H20ClIN2O3. The molecule has 1 aromatic carbocycles. The van der Waals surface area contributed by atoms with E-state index in [1.54, 1.807) is 38.3 Å². The summed E-state index contributed by atoms with van der Waals surface area (Å²) in [5.74, 6) is 1.07. The molecule has 7 heteroatoms. The SMILES string of the molecule is COc1cc(I)c(C(=O)N(C)C(C)CN)cc1OC.Cl. The highest BCUT2D eigenvalue weighted by molar-refractivity contribution is 14.1. The van der Waals surface area contributed by atoms with Crippen molar-refractivity contribution in [1.82, 2.24) is 4.90 Å². The molecule has 1 amide bonds. The summed E-state index contributed by atoms with van der Waals surface area (Å²) in [4.78, 5) is 14.0. The fourth-order valence-electron chi connectivity index (χ4n) is 1.57. The molecule has 1 aromatic rings. The number of nitrogens with two attached hydrogens (primary N) is 1. The minimum absolute atomic E-state index is 0. The first kappa shape index (κ1) is 19.3. The van der Waals surface area contributed by atoms with E-state index in [2.05, 4.69) is 22.6 Å². The van der Waals surface area contributed by atoms with Crippen molar-refractivity contribution in [2.75, 3.05) is 27.8 Å². The van der Waals surface area contributed by atoms with Crippen molar-refractivity contribution in [2.45, 2.75) is 13.0 Å². The molecule has 0 aromatic heterocycles. The molecule has 20 heavy (non-hydrogen) atoms. The van der Waals surface area contributed by atoms with Gasteiger partial charge >= 0.3 is 0 Å². The van der Waals surface area contributed by atoms with E-state index in [1.807, 2.05) is 6.92 Å². The van der Waals surface area contributed by atoms with E-state index >= 15 is 0 Å². The maximum Gasteiger partial charge on any atom is 0.255 e. The Labute approximate surface area is 139 Å². The van der Waals surface area contributed by atoms with Crippen LogP contribution in [0.2, 0.25) is 0 Å². The van der Waals surface area contributed by atoms with Crippen molar-refractivity contribution in [3.05, 3.63) is 21.3 Å². The van der Waals surface area contributed by atoms with Gasteiger partial charge in [-0.25, -0.2) is 0 Å². The van der Waals surface area contributed by atoms with Gasteiger partial charge in [0.1, 0.15) is 0 Å². The van der Waals surface area contributed by atoms with Crippen molar-refractivity contribution in [3.8, 4) is 11.5 Å². The maximum atomic E-state index is 12.4. The maximum absolute atomic E-state index is 12.4. The number of rotatable bonds is 5. The Balaban J connectivity index is 0.00000361. The Kier molecular flexibility index (Phi) is 8.22. The Morgan fingerprint density at radius 2 is 1.85 bits per heavy atom. The Bertz CT molecular complexity index is 471. The normalized spacial score (nSPS) is 11.3. The summed E-state index contributed by atoms with van der Waals surface area (Å²) in [6.45, 7) is 2.33. The van der Waals surface area contributed by atoms with E-state index in [0.717, 1.165) is 3.57 Å². The summed E-state index contributed by atoms with van der Waals surface area (Å²) in [6, 6.07) is 3.47. The van der Waals surface area contributed by atoms with Crippen LogP contribution in [0.4, 0.5) is 0 Å². The molecule has 2 N–H and O–H groups in total. The van der Waals surface area contributed by atoms with Crippen molar-refractivity contribution in [1.29, 1.82) is 0 Å². The molecule has 0 heterocycles. The average molecular weight is 415 g/mol. The van der Waals surface area contributed by atoms with E-state index in [4.69, 9.17) is 15.2 Å². The van der Waals surface area contributed by atoms with Crippen LogP contribution in [0, 0.1) is 3.57 Å². The van der Waals surface area contributed by atoms with Crippen molar-refractivity contribution in [2.24, 2.45) is 5.73 Å². The van der Waals surface area contributed by atoms with Crippen LogP contribution >= 0.6 is 35.0 Å². The van der Waals surface area contributed by atoms with Gasteiger partial charge in [0.15, 0.2) is 11.5 Å². The van der Waals surface area contributed by atoms with Crippen molar-refractivity contribution in [3.63, 3.8) is 0 Å². The quantitative estimate of drug-likeness (QED) is 0.750. The highest BCUT2D eigenvalue weighted by Gasteiger charge is 2.21. The highest BCUT2D eigenvalue weighted by atomic mass is 127. The van der Waals surface area contributed by atoms with Crippen molar-refractivity contribution >= 4 is 40.9 Å². The van der Waals surface area contributed by atoms with Crippen molar-refractivity contribution < 1.29 is 14.3 Å². The number of hydrogen-bond acceptors (Lipinski definition) is 4. The summed E-state index contributed by atoms with van der Waals surface area (Å²) in [7, 11) is 4.86. The number of ether oxygens (including phenoxy) is 2. The van der Waals surface area contributed by atoms with Gasteiger partial charge in [0, 0.05) is 23.2 Å². The Morgan fingerprint density at radius 3 is 2.30 bits per heavy atom. The molecule has 0 fully saturated rings. The predicted molar refractivity (Wildman–Crippen MR) is 90.1 cm³/mol. The first-order valence-corrected chi connectivity index (χ1v) is 6.92. The number of likely N-dealkylation sites (N-methyl/N-ethyl adjacent to an activating group) is 1. The summed E-state index contributed by atoms with van der Waals surface area (Å²) in [6.07, 6.45) is 0. The predicted octanol–water partition coefficient (Wildman–Crippen LogP) is 2.15. The lowest BCUT2D eigenvalue weighted by Gasteiger charge is -2.24. The smallest absolute Gasteiger partial charge is 0.255 e. The molecule has 114 valence electrons. The fraction of sp³-hybridized carbons (Fsp3) is 0.462. The average Bonchev–Trinajstić information content (AvgIpc) is 2.44. The van der Waals surface area contributed by atoms with Crippen LogP contribution in [0.3, 0.4) is 0 Å². The number of nitrogens with zero attached hydrogens (tertiary/aromatic N) is 1. The molecule has 1 unspecified atom stereocenters. The fourth-order valence-corrected chi connectivity index (χ4v) is 2.24. The lowest BCUT2D eigenvalue weighted by Crippen LogP contribution is -2.40. The number of carbonyl (C=O) groups is 1. The van der Waals surface area contributed by atoms with Gasteiger partial charge in [-0.2, -0.15) is 0 Å². The van der Waals surface area contributed by atoms with Crippen LogP contribution in [0.15, 0.2) is 12.1 Å². The molecule has 0 aliphatic rings. The van der Waals surface area contributed by atoms with Crippen LogP contribution in [0.1, 0.15) is 17.3 Å². The van der Waals surface area contributed by atoms with E-state index < -0.39 is 0 Å². The van der Waals surface area contributed by atoms with Gasteiger partial charge < -0.3 is 20.1 Å². The minimum atomic E-state index is -0.0803. The number of amides is 1. The lowest BCUT2D eigenvalue weighted by atomic mass is 10.1. The Hall–Kier alpha value is -0.730. The molecule has 0 bridgehead atoms. The van der Waals surface area contributed by atoms with Gasteiger partial charge in [-0.15, -0.1) is 12.4 Å². The van der Waals surface area contributed by atoms with Crippen LogP contribution in [-0.4, -0.2) is 44.7 Å². The molecule has 0 spiro atoms. The molecular weight excluding hydrogens is 395 g/mol. The summed E-state index contributed by atoms with van der Waals surface area (Å²) < 4.78 is 11.2. The molecule has 0 aliphatic carbocycles. The molecule has 0 radical (unpaired) electrons. The monoisotopic (exact) mass is 414 g/mol. The third kappa shape index (κ3) is 4.13. The minimum Gasteiger partial charge on any atom is -0.493 e. The van der Waals surface area contributed by atoms with Crippen LogP contribution in [-0.2, 0) is 0 Å². The summed E-state index contributed by atoms with van der Waals surface area (Å²) in [5, 5.41) is 0. The number of benzene rings is 1. The molecule has 0 aliphatic heterocycles. The molecule has 1 rings (SSSR count). The second kappa shape index (κ2) is 8.53. The number of hydrogen-bond donors (Lipinski definition) is 1. The highest BCUT2D eigenvalue weighted by Crippen LogP contribution is 2.31. The molecule has 0 saturated carbocycles. The number of carbonyl (C=O) groups excluding carboxylic acids is 1. The van der Waals surface area contributed by atoms with E-state index in [9.17, 15) is 4.79 Å². The molecule has 1 atom stereocenters. The van der Waals surface area contributed by atoms with Gasteiger partial charge in [0.2, 0.25) is 0 Å². The van der Waals surface area contributed by atoms with E-state index in [0.29, 0.717) is 23.6 Å². The third-order valence-corrected chi connectivity index (χ3v) is 3.92. The van der Waals surface area contributed by atoms with Gasteiger partial charge in [0.05, 0.1) is 19.8 Å². The third-order valence-electron chi connectivity index (χ3n) is 3.03. The zero-order valence-corrected chi connectivity index (χ0v) is 14.9. The first-order chi connectivity index (χ1) is 8.96. The standard InChI is InChI=1S/C13H19IN2O3.ClH/c1-8(7-15)16(2)13(17)9-5-11(18-3)12(19-4)6-10(9)14;/h5-6,8H,7,15H2,1-4H3;1H. The van der Waals surface area contributed by atoms with Crippen LogP contribution < -0.4 is 15.2 Å². The molecule has 5 nitrogen and oxygen atoms in total. The lowest BCUT2D eigenvalue weighted by molar-refractivity contribution is 0.0747. The van der Waals surface area contributed by atoms with Gasteiger partial charge in [-0.1, -0.05) is 0 Å². The summed E-state index contributed by atoms with van der Waals surface area (Å²) in [5.41, 5.74) is 6.17. The van der Waals surface area contributed by atoms with Gasteiger partial charge in [-0.05, 0) is 41.6 Å². The zero-order chi connectivity index (χ0) is 14.6. The van der Waals surface area contributed by atoms with Crippen LogP contribution in [0.5, 0.6) is 11.5 Å². The van der Waals surface area contributed by atoms with Gasteiger partial charge in [0.25, 0.3) is 5.91 Å². The van der Waals surface area contributed by atoms with E-state index in [-0.39, 0.29) is 24.4 Å². The largest absolute Gasteiger partial charge is 0.493 e. The second-order valence-electron chi connectivity index (χ2n) is 4.19. The Morgan fingerprint density at radius 1 is 1.35 bits per heavy atom. The number of halogens is 2. The molecule has 0 saturated heterocycles. The summed E-state index contributed by atoms with van der Waals surface area (Å²) >= 11 is 2.11. The van der Waals surface area contributed by atoms with Crippen LogP contribution in [0.25, 0.3) is 0 Å². The number of methoxy groups -OCH3 is 2. The second-order valence-corrected chi connectivity index (χ2v) is 5.35. The zero-order valence-electron chi connectivity index (χ0n) is 12.0. The van der Waals surface area contributed by atoms with E-state index in [1.165, 1.54) is 0 Å². The first-order valence-electron chi connectivity index (χ1n) is 5.85.